The number of nitrogens with one attached hydrogen (secondary N) is 3. The zero-order chi connectivity index (χ0) is 72.2. The van der Waals surface area contributed by atoms with E-state index in [1.165, 1.54) is 0 Å². The summed E-state index contributed by atoms with van der Waals surface area (Å²) in [5.41, 5.74) is 2.68. The Morgan fingerprint density at radius 1 is 0.381 bits per heavy atom. The monoisotopic (exact) mass is 1400 g/mol. The number of rotatable bonds is 53. The van der Waals surface area contributed by atoms with E-state index in [9.17, 15) is 33.6 Å². The molecule has 1 heterocycles. The zero-order valence-corrected chi connectivity index (χ0v) is 61.5. The molecule has 1 aliphatic heterocycles. The molecule has 0 aromatic heterocycles. The van der Waals surface area contributed by atoms with Crippen molar-refractivity contribution >= 4 is 41.6 Å². The van der Waals surface area contributed by atoms with E-state index in [0.29, 0.717) is 178 Å². The molecule has 1 fully saturated rings. The minimum atomic E-state index is -0.870. The summed E-state index contributed by atoms with van der Waals surface area (Å²) in [5.74, 6) is -2.63. The van der Waals surface area contributed by atoms with Gasteiger partial charge in [-0.15, -0.1) is 0 Å². The second-order valence-corrected chi connectivity index (χ2v) is 27.1. The second kappa shape index (κ2) is 54.4. The molecule has 1 aliphatic rings. The SMILES string of the molecule is COCCOCCOCCOCCOCCOCCC(=O)N[C@H](CCCCN)C(=O)NCCOCCOCCOCCOCCOCCNC(=O)CCC(C(=O)OC(C)(C)C)N1CCN(CC(=O)OC(C)(C)C)CCN(CC(=O)OC(C)(C)C)CCN(CC(=O)OC(C)(C)C)CC1. The molecule has 0 bridgehead atoms. The number of nitrogens with two attached hydrogens (primary N) is 1. The van der Waals surface area contributed by atoms with Gasteiger partial charge in [0.05, 0.1) is 158 Å². The van der Waals surface area contributed by atoms with Crippen LogP contribution in [-0.2, 0) is 105 Å². The predicted octanol–water partition coefficient (Wildman–Crippen LogP) is 1.77. The molecule has 0 aromatic rings. The van der Waals surface area contributed by atoms with Crippen LogP contribution in [0.1, 0.15) is 122 Å². The Morgan fingerprint density at radius 3 is 1.06 bits per heavy atom. The normalized spacial score (nSPS) is 15.2. The Bertz CT molecular complexity index is 2050. The first-order valence-corrected chi connectivity index (χ1v) is 34.6. The fraction of sp³-hybridized carbons (Fsp3) is 0.896. The third kappa shape index (κ3) is 56.0. The summed E-state index contributed by atoms with van der Waals surface area (Å²) in [6.45, 7) is 33.0. The number of hydrogen-bond acceptors (Lipinski definition) is 27. The number of hydrogen-bond donors (Lipinski definition) is 4. The van der Waals surface area contributed by atoms with Gasteiger partial charge in [-0.05, 0) is 115 Å². The molecule has 568 valence electrons. The fourth-order valence-electron chi connectivity index (χ4n) is 9.11. The third-order valence-electron chi connectivity index (χ3n) is 13.5. The summed E-state index contributed by atoms with van der Waals surface area (Å²) in [7, 11) is 1.62. The molecule has 30 nitrogen and oxygen atoms in total. The van der Waals surface area contributed by atoms with Gasteiger partial charge < -0.3 is 92.7 Å². The Labute approximate surface area is 579 Å². The largest absolute Gasteiger partial charge is 0.459 e. The van der Waals surface area contributed by atoms with E-state index < -0.39 is 58.4 Å². The summed E-state index contributed by atoms with van der Waals surface area (Å²) >= 11 is 0. The maximum Gasteiger partial charge on any atom is 0.323 e. The molecule has 0 radical (unpaired) electrons. The first-order chi connectivity index (χ1) is 46.0. The van der Waals surface area contributed by atoms with E-state index in [1.807, 2.05) is 40.4 Å². The number of esters is 4. The van der Waals surface area contributed by atoms with Gasteiger partial charge in [0.2, 0.25) is 17.7 Å². The van der Waals surface area contributed by atoms with Crippen molar-refractivity contribution in [3.05, 3.63) is 0 Å². The average molecular weight is 1400 g/mol. The summed E-state index contributed by atoms with van der Waals surface area (Å²) in [6.07, 6.45) is 2.07. The summed E-state index contributed by atoms with van der Waals surface area (Å²) < 4.78 is 83.4. The molecule has 30 heteroatoms. The zero-order valence-electron chi connectivity index (χ0n) is 61.5. The molecule has 5 N–H and O–H groups in total. The predicted molar refractivity (Wildman–Crippen MR) is 363 cm³/mol. The van der Waals surface area contributed by atoms with Gasteiger partial charge in [0.25, 0.3) is 0 Å². The van der Waals surface area contributed by atoms with Gasteiger partial charge in [0.15, 0.2) is 0 Å². The molecular weight excluding hydrogens is 1270 g/mol. The molecule has 1 rings (SSSR count). The van der Waals surface area contributed by atoms with Gasteiger partial charge in [-0.2, -0.15) is 0 Å². The van der Waals surface area contributed by atoms with Crippen molar-refractivity contribution in [3.8, 4) is 0 Å². The molecule has 0 aromatic carbocycles. The van der Waals surface area contributed by atoms with Crippen LogP contribution < -0.4 is 21.7 Å². The molecule has 0 aliphatic carbocycles. The number of unbranched alkanes of at least 4 members (excludes halogenated alkanes) is 1. The number of ether oxygens (including phenoxy) is 15. The van der Waals surface area contributed by atoms with Crippen LogP contribution in [0.5, 0.6) is 0 Å². The number of carbonyl (C=O) groups excluding carboxylic acids is 7. The van der Waals surface area contributed by atoms with Gasteiger partial charge >= 0.3 is 23.9 Å². The first-order valence-electron chi connectivity index (χ1n) is 34.6. The Morgan fingerprint density at radius 2 is 0.711 bits per heavy atom. The molecule has 3 amide bonds. The van der Waals surface area contributed by atoms with Crippen molar-refractivity contribution in [2.75, 3.05) is 237 Å². The third-order valence-corrected chi connectivity index (χ3v) is 13.5. The van der Waals surface area contributed by atoms with Crippen LogP contribution in [0.3, 0.4) is 0 Å². The van der Waals surface area contributed by atoms with Gasteiger partial charge in [-0.3, -0.25) is 53.2 Å². The van der Waals surface area contributed by atoms with E-state index in [4.69, 9.17) is 76.8 Å². The maximum atomic E-state index is 14.2. The molecule has 1 saturated heterocycles. The van der Waals surface area contributed by atoms with Gasteiger partial charge in [-0.1, -0.05) is 0 Å². The topological polar surface area (TPSA) is 333 Å². The van der Waals surface area contributed by atoms with Crippen LogP contribution in [0.4, 0.5) is 0 Å². The Kier molecular flexibility index (Phi) is 50.9. The second-order valence-electron chi connectivity index (χ2n) is 27.1. The fourth-order valence-corrected chi connectivity index (χ4v) is 9.11. The van der Waals surface area contributed by atoms with Crippen molar-refractivity contribution in [3.63, 3.8) is 0 Å². The van der Waals surface area contributed by atoms with Crippen LogP contribution in [0, 0.1) is 0 Å². The van der Waals surface area contributed by atoms with Crippen molar-refractivity contribution in [2.24, 2.45) is 5.73 Å². The van der Waals surface area contributed by atoms with E-state index in [1.54, 1.807) is 69.4 Å². The molecule has 0 spiro atoms. The van der Waals surface area contributed by atoms with Crippen LogP contribution in [-0.4, -0.2) is 333 Å². The lowest BCUT2D eigenvalue weighted by Crippen LogP contribution is -2.53. The highest BCUT2D eigenvalue weighted by Gasteiger charge is 2.33. The van der Waals surface area contributed by atoms with E-state index in [2.05, 4.69) is 16.0 Å². The van der Waals surface area contributed by atoms with Crippen molar-refractivity contribution in [2.45, 2.75) is 156 Å². The van der Waals surface area contributed by atoms with Crippen molar-refractivity contribution in [1.82, 2.24) is 35.6 Å². The molecular formula is C67H128N8O22. The van der Waals surface area contributed by atoms with Crippen LogP contribution in [0.15, 0.2) is 0 Å². The molecule has 2 atom stereocenters. The van der Waals surface area contributed by atoms with Gasteiger partial charge in [0.1, 0.15) is 34.5 Å². The van der Waals surface area contributed by atoms with E-state index in [0.717, 1.165) is 6.42 Å². The van der Waals surface area contributed by atoms with Crippen LogP contribution in [0.25, 0.3) is 0 Å². The maximum absolute atomic E-state index is 14.2. The Hall–Kier alpha value is -4.35. The van der Waals surface area contributed by atoms with Crippen molar-refractivity contribution < 1.29 is 105 Å². The number of amides is 3. The summed E-state index contributed by atoms with van der Waals surface area (Å²) in [4.78, 5) is 101. The minimum Gasteiger partial charge on any atom is -0.459 e. The lowest BCUT2D eigenvalue weighted by molar-refractivity contribution is -0.163. The van der Waals surface area contributed by atoms with Gasteiger partial charge in [0, 0.05) is 85.4 Å². The lowest BCUT2D eigenvalue weighted by Gasteiger charge is -2.37. The highest BCUT2D eigenvalue weighted by atomic mass is 16.6. The number of methoxy groups -OCH3 is 1. The molecule has 0 saturated carbocycles. The number of carbonyl (C=O) groups is 7. The van der Waals surface area contributed by atoms with Crippen LogP contribution in [0.2, 0.25) is 0 Å². The highest BCUT2D eigenvalue weighted by molar-refractivity contribution is 5.87. The van der Waals surface area contributed by atoms with Crippen molar-refractivity contribution in [1.29, 1.82) is 0 Å². The molecule has 1 unspecified atom stereocenters. The standard InChI is InChI=1S/C67H128N8O22/c1-64(2,3)94-59(78)52-72-23-25-73(53-60(79)95-65(4,5)6)27-29-75(30-28-74(26-24-72)54-61(80)96-66(7,8)9)56(63(82)97-67(10,11)12)17-18-57(76)69-21-32-85-37-40-89-45-48-93-49-46-90-41-38-86-33-22-70-62(81)55(16-14-15-20-68)71-58(77)19-31-84-36-39-88-44-47-92-51-50-91-43-42-87-35-34-83-13/h55-56H,14-54,68H2,1-13H3,(H,69,76)(H,70,81)(H,71,77)/t55-,56?/m1/s1. The molecule has 97 heavy (non-hydrogen) atoms. The quantitative estimate of drug-likeness (QED) is 0.0383. The number of nitrogens with zero attached hydrogens (tertiary/aromatic N) is 4. The average Bonchev–Trinajstić information content (AvgIpc) is 0.953. The van der Waals surface area contributed by atoms with Crippen LogP contribution >= 0.6 is 0 Å². The van der Waals surface area contributed by atoms with Gasteiger partial charge in [-0.25, -0.2) is 0 Å². The summed E-state index contributed by atoms with van der Waals surface area (Å²) in [5, 5.41) is 8.53. The minimum absolute atomic E-state index is 0.00349. The Balaban J connectivity index is 2.52. The summed E-state index contributed by atoms with van der Waals surface area (Å²) in [6, 6.07) is -1.58. The highest BCUT2D eigenvalue weighted by Crippen LogP contribution is 2.18. The smallest absolute Gasteiger partial charge is 0.323 e. The first kappa shape index (κ1) is 90.7. The lowest BCUT2D eigenvalue weighted by atomic mass is 10.1. The van der Waals surface area contributed by atoms with E-state index >= 15 is 0 Å². The van der Waals surface area contributed by atoms with E-state index in [-0.39, 0.29) is 103 Å².